The average molecular weight is 253 g/mol. The second-order valence-electron chi connectivity index (χ2n) is 3.66. The predicted octanol–water partition coefficient (Wildman–Crippen LogP) is 4.07. The normalized spacial score (nSPS) is 11.3. The molecule has 18 heavy (non-hydrogen) atoms. The summed E-state index contributed by atoms with van der Waals surface area (Å²) in [7, 11) is 0. The smallest absolute Gasteiger partial charge is 0.281 e. The van der Waals surface area contributed by atoms with E-state index in [1.165, 1.54) is 18.2 Å². The zero-order chi connectivity index (χ0) is 13.2. The molecule has 0 bridgehead atoms. The van der Waals surface area contributed by atoms with E-state index in [9.17, 15) is 18.4 Å². The number of hydrogen-bond acceptors (Lipinski definition) is 2. The number of alkyl halides is 3. The molecule has 0 unspecified atom stereocenters. The molecule has 0 amide bonds. The van der Waals surface area contributed by atoms with Gasteiger partial charge in [-0.05, 0) is 11.6 Å². The first-order chi connectivity index (χ1) is 8.50. The second kappa shape index (κ2) is 4.70. The zero-order valence-electron chi connectivity index (χ0n) is 9.22. The SMILES string of the molecule is ON(c1ccccc1-c1ccccc1)C(F)(F)F. The zero-order valence-corrected chi connectivity index (χ0v) is 9.22. The summed E-state index contributed by atoms with van der Waals surface area (Å²) in [6.07, 6.45) is -4.83. The minimum Gasteiger partial charge on any atom is -0.281 e. The molecular formula is C13H10F3NO. The fraction of sp³-hybridized carbons (Fsp3) is 0.0769. The van der Waals surface area contributed by atoms with E-state index in [1.54, 1.807) is 36.4 Å². The molecule has 2 nitrogen and oxygen atoms in total. The van der Waals surface area contributed by atoms with E-state index >= 15 is 0 Å². The van der Waals surface area contributed by atoms with Crippen molar-refractivity contribution in [2.75, 3.05) is 5.06 Å². The fourth-order valence-electron chi connectivity index (χ4n) is 1.66. The monoisotopic (exact) mass is 253 g/mol. The first-order valence-corrected chi connectivity index (χ1v) is 5.20. The van der Waals surface area contributed by atoms with Crippen molar-refractivity contribution in [1.82, 2.24) is 0 Å². The van der Waals surface area contributed by atoms with E-state index in [2.05, 4.69) is 0 Å². The Labute approximate surface area is 102 Å². The van der Waals surface area contributed by atoms with Crippen LogP contribution in [0.15, 0.2) is 54.6 Å². The molecule has 0 atom stereocenters. The number of hydroxylamine groups is 1. The minimum atomic E-state index is -4.83. The van der Waals surface area contributed by atoms with Crippen molar-refractivity contribution in [3.05, 3.63) is 54.6 Å². The van der Waals surface area contributed by atoms with Gasteiger partial charge in [0, 0.05) is 5.56 Å². The maximum Gasteiger partial charge on any atom is 0.508 e. The molecule has 2 rings (SSSR count). The van der Waals surface area contributed by atoms with E-state index in [0.29, 0.717) is 11.1 Å². The van der Waals surface area contributed by atoms with Gasteiger partial charge < -0.3 is 0 Å². The van der Waals surface area contributed by atoms with E-state index in [0.717, 1.165) is 0 Å². The van der Waals surface area contributed by atoms with Crippen molar-refractivity contribution in [3.63, 3.8) is 0 Å². The van der Waals surface area contributed by atoms with Crippen LogP contribution in [0.5, 0.6) is 0 Å². The molecule has 2 aromatic carbocycles. The van der Waals surface area contributed by atoms with Crippen molar-refractivity contribution >= 4 is 5.69 Å². The van der Waals surface area contributed by atoms with Crippen LogP contribution in [0.25, 0.3) is 11.1 Å². The maximum atomic E-state index is 12.5. The van der Waals surface area contributed by atoms with E-state index in [4.69, 9.17) is 0 Å². The molecule has 1 N–H and O–H groups in total. The highest BCUT2D eigenvalue weighted by Gasteiger charge is 2.38. The molecule has 0 saturated heterocycles. The second-order valence-corrected chi connectivity index (χ2v) is 3.66. The number of anilines is 1. The topological polar surface area (TPSA) is 23.5 Å². The molecule has 94 valence electrons. The largest absolute Gasteiger partial charge is 0.508 e. The summed E-state index contributed by atoms with van der Waals surface area (Å²) in [6, 6.07) is 14.4. The number of nitrogens with zero attached hydrogens (tertiary/aromatic N) is 1. The van der Waals surface area contributed by atoms with Crippen LogP contribution < -0.4 is 5.06 Å². The van der Waals surface area contributed by atoms with Gasteiger partial charge in [-0.3, -0.25) is 5.21 Å². The number of para-hydroxylation sites is 1. The average Bonchev–Trinajstić information content (AvgIpc) is 2.38. The van der Waals surface area contributed by atoms with Gasteiger partial charge >= 0.3 is 6.30 Å². The Morgan fingerprint density at radius 2 is 1.39 bits per heavy atom. The Morgan fingerprint density at radius 3 is 2.00 bits per heavy atom. The van der Waals surface area contributed by atoms with Crippen LogP contribution in [-0.2, 0) is 0 Å². The molecule has 0 aliphatic carbocycles. The Hall–Kier alpha value is -2.01. The van der Waals surface area contributed by atoms with Gasteiger partial charge in [0.25, 0.3) is 0 Å². The lowest BCUT2D eigenvalue weighted by atomic mass is 10.0. The van der Waals surface area contributed by atoms with Crippen LogP contribution in [0, 0.1) is 0 Å². The summed E-state index contributed by atoms with van der Waals surface area (Å²) < 4.78 is 37.5. The summed E-state index contributed by atoms with van der Waals surface area (Å²) >= 11 is 0. The van der Waals surface area contributed by atoms with Crippen LogP contribution in [0.3, 0.4) is 0 Å². The third-order valence-corrected chi connectivity index (χ3v) is 2.46. The summed E-state index contributed by atoms with van der Waals surface area (Å²) in [6.45, 7) is 0. The standard InChI is InChI=1S/C13H10F3NO/c14-13(15,16)17(18)12-9-5-4-8-11(12)10-6-2-1-3-7-10/h1-9,18H. The first kappa shape index (κ1) is 12.4. The number of halogens is 3. The van der Waals surface area contributed by atoms with Crippen molar-refractivity contribution in [2.45, 2.75) is 6.30 Å². The Balaban J connectivity index is 2.51. The highest BCUT2D eigenvalue weighted by Crippen LogP contribution is 2.34. The van der Waals surface area contributed by atoms with E-state index in [-0.39, 0.29) is 5.69 Å². The third kappa shape index (κ3) is 2.46. The van der Waals surface area contributed by atoms with Gasteiger partial charge in [-0.1, -0.05) is 48.5 Å². The van der Waals surface area contributed by atoms with Gasteiger partial charge in [0.15, 0.2) is 0 Å². The summed E-state index contributed by atoms with van der Waals surface area (Å²) in [5.74, 6) is 0. The minimum absolute atomic E-state index is 0.295. The van der Waals surface area contributed by atoms with Gasteiger partial charge in [-0.2, -0.15) is 5.06 Å². The molecule has 0 heterocycles. The molecule has 5 heteroatoms. The summed E-state index contributed by atoms with van der Waals surface area (Å²) in [5, 5.41) is 8.54. The first-order valence-electron chi connectivity index (χ1n) is 5.20. The molecule has 0 fully saturated rings. The van der Waals surface area contributed by atoms with E-state index < -0.39 is 11.4 Å². The van der Waals surface area contributed by atoms with Gasteiger partial charge in [0.1, 0.15) is 0 Å². The predicted molar refractivity (Wildman–Crippen MR) is 62.2 cm³/mol. The summed E-state index contributed by atoms with van der Waals surface area (Å²) in [5.41, 5.74) is 0.630. The van der Waals surface area contributed by atoms with Crippen LogP contribution in [0.1, 0.15) is 0 Å². The number of rotatable bonds is 2. The highest BCUT2D eigenvalue weighted by atomic mass is 19.4. The quantitative estimate of drug-likeness (QED) is 0.644. The Morgan fingerprint density at radius 1 is 0.833 bits per heavy atom. The Kier molecular flexibility index (Phi) is 3.25. The third-order valence-electron chi connectivity index (χ3n) is 2.46. The van der Waals surface area contributed by atoms with Gasteiger partial charge in [-0.15, -0.1) is 13.2 Å². The Bertz CT molecular complexity index is 525. The number of benzene rings is 2. The van der Waals surface area contributed by atoms with Crippen LogP contribution in [0.2, 0.25) is 0 Å². The van der Waals surface area contributed by atoms with Crippen LogP contribution in [-0.4, -0.2) is 11.5 Å². The molecule has 0 spiro atoms. The van der Waals surface area contributed by atoms with Gasteiger partial charge in [-0.25, -0.2) is 0 Å². The lowest BCUT2D eigenvalue weighted by Crippen LogP contribution is -2.35. The number of hydrogen-bond donors (Lipinski definition) is 1. The van der Waals surface area contributed by atoms with Crippen molar-refractivity contribution < 1.29 is 18.4 Å². The molecule has 0 aromatic heterocycles. The summed E-state index contributed by atoms with van der Waals surface area (Å²) in [4.78, 5) is 0. The van der Waals surface area contributed by atoms with E-state index in [1.807, 2.05) is 0 Å². The molecule has 0 radical (unpaired) electrons. The van der Waals surface area contributed by atoms with Crippen LogP contribution >= 0.6 is 0 Å². The molecular weight excluding hydrogens is 243 g/mol. The molecule has 2 aromatic rings. The maximum absolute atomic E-state index is 12.5. The molecule has 0 aliphatic heterocycles. The molecule has 0 aliphatic rings. The van der Waals surface area contributed by atoms with Gasteiger partial charge in [0.2, 0.25) is 0 Å². The van der Waals surface area contributed by atoms with Crippen molar-refractivity contribution in [1.29, 1.82) is 0 Å². The molecule has 0 saturated carbocycles. The fourth-order valence-corrected chi connectivity index (χ4v) is 1.66. The highest BCUT2D eigenvalue weighted by molar-refractivity contribution is 5.77. The van der Waals surface area contributed by atoms with Gasteiger partial charge in [0.05, 0.1) is 5.69 Å². The van der Waals surface area contributed by atoms with Crippen molar-refractivity contribution in [2.24, 2.45) is 0 Å². The van der Waals surface area contributed by atoms with Crippen molar-refractivity contribution in [3.8, 4) is 11.1 Å². The van der Waals surface area contributed by atoms with Crippen LogP contribution in [0.4, 0.5) is 18.9 Å². The lowest BCUT2D eigenvalue weighted by molar-refractivity contribution is -0.176. The lowest BCUT2D eigenvalue weighted by Gasteiger charge is -2.22.